The molecule has 25 nitrogen and oxygen atoms in total. The minimum Gasteiger partial charge on any atom is -0.870 e. The van der Waals surface area contributed by atoms with Crippen LogP contribution in [0.3, 0.4) is 0 Å². The molecule has 36 heteroatoms. The molecule has 622 valence electrons. The number of aromatic nitrogens is 6. The van der Waals surface area contributed by atoms with Gasteiger partial charge in [-0.05, 0) is 162 Å². The molecule has 0 aliphatic carbocycles. The van der Waals surface area contributed by atoms with Crippen molar-refractivity contribution >= 4 is 144 Å². The minimum atomic E-state index is -1.14. The number of pyridine rings is 6. The van der Waals surface area contributed by atoms with Gasteiger partial charge in [-0.15, -0.1) is 28.3 Å². The molecule has 7 heterocycles. The van der Waals surface area contributed by atoms with Crippen molar-refractivity contribution in [1.29, 1.82) is 5.26 Å². The monoisotopic (exact) mass is 1900 g/mol. The van der Waals surface area contributed by atoms with E-state index in [1.165, 1.54) is 34.6 Å². The van der Waals surface area contributed by atoms with Gasteiger partial charge in [0.25, 0.3) is 0 Å². The zero-order valence-corrected chi connectivity index (χ0v) is 79.5. The molecule has 0 radical (unpaired) electrons. The number of aliphatic carboxylic acids is 1. The summed E-state index contributed by atoms with van der Waals surface area (Å²) in [7, 11) is 6.24. The van der Waals surface area contributed by atoms with E-state index < -0.39 is 23.1 Å². The first-order valence-corrected chi connectivity index (χ1v) is 39.6. The van der Waals surface area contributed by atoms with Crippen molar-refractivity contribution in [1.82, 2.24) is 29.9 Å². The van der Waals surface area contributed by atoms with Gasteiger partial charge in [-0.1, -0.05) is 146 Å². The number of rotatable bonds is 17. The number of nitriles is 1. The molecule has 6 aromatic rings. The molecule has 1 aliphatic rings. The summed E-state index contributed by atoms with van der Waals surface area (Å²) in [6.07, 6.45) is 13.6. The minimum absolute atomic E-state index is 0. The predicted octanol–water partition coefficient (Wildman–Crippen LogP) is 11.1. The van der Waals surface area contributed by atoms with Gasteiger partial charge < -0.3 is 61.6 Å². The van der Waals surface area contributed by atoms with Crippen LogP contribution in [0.25, 0.3) is 5.57 Å². The Morgan fingerprint density at radius 2 is 0.866 bits per heavy atom. The Balaban J connectivity index is -0.0000000897. The molecule has 0 amide bonds. The molecule has 6 aromatic heterocycles. The Kier molecular flexibility index (Phi) is 90.6. The third-order valence-corrected chi connectivity index (χ3v) is 13.8. The maximum atomic E-state index is 11.0. The van der Waals surface area contributed by atoms with Crippen molar-refractivity contribution in [2.45, 2.75) is 179 Å². The standard InChI is InChI=1S/C11H15NO2.C11H13NO2.C10H12NO.C9H17BO2.C8H8BrNO2.C8H8ClNO2.C7H6ClNO2.C3H9BrSi.C3H5N.C2Cl2O2.CH4O.2CH4.CH3.2Na.2H2O.Pd.H2/c2*1-8(2)10-5-4-9(7-12-10)6-11(13)14-3;1-8(2)10-4-3-9(5-6-12)7-11-10;1-7(2)10-11-8(3,4)9(5,6)12-10;2*1-12-8(11)4-6-2-3-7(9)10-5-6;8-6-2-1-5(4-9-6)3-7(10)11;1-5(2,3)4;1-2-3-4;3-1(5)2(4)6;1-2;;;;;;;;;/h4-5,7-8H,6H2,1-3H3;4-5,7H,1,6H2,2-3H3;3-4,7-8H,5H2,1-2H3;1H2,2-6H3;2*2-3,5H,4H2,1H3;1-2,4H,3H2,(H,10,11);1-3H3;2H2,1H3;;2H,1H3;2*1H4;1H3;;;2*1H2;;1H/q;;-1;;;;;;;;;;;-1;2*+1;;;;/p-2. The van der Waals surface area contributed by atoms with Crippen LogP contribution in [0.2, 0.25) is 29.9 Å². The van der Waals surface area contributed by atoms with E-state index in [0.717, 1.165) is 67.7 Å². The Labute approximate surface area is 761 Å². The fourth-order valence-electron chi connectivity index (χ4n) is 6.34. The van der Waals surface area contributed by atoms with E-state index in [4.69, 9.17) is 48.0 Å². The van der Waals surface area contributed by atoms with Gasteiger partial charge in [-0.3, -0.25) is 54.8 Å². The molecule has 0 saturated carbocycles. The number of carboxylic acids is 1. The summed E-state index contributed by atoms with van der Waals surface area (Å²) in [5.41, 5.74) is 9.27. The van der Waals surface area contributed by atoms with Crippen LogP contribution in [0.1, 0.15) is 161 Å². The van der Waals surface area contributed by atoms with E-state index in [-0.39, 0.29) is 182 Å². The van der Waals surface area contributed by atoms with Crippen LogP contribution in [0.5, 0.6) is 0 Å². The Morgan fingerprint density at radius 1 is 0.589 bits per heavy atom. The zero-order valence-electron chi connectivity index (χ0n) is 66.7. The van der Waals surface area contributed by atoms with Crippen LogP contribution >= 0.6 is 77.6 Å². The molecule has 1 fully saturated rings. The topological polar surface area (TPSA) is 394 Å². The molecule has 7 rings (SSSR count). The Morgan fingerprint density at radius 3 is 1.06 bits per heavy atom. The molecule has 1 aliphatic heterocycles. The third kappa shape index (κ3) is 71.6. The number of hydrogen-bond acceptors (Lipinski definition) is 24. The van der Waals surface area contributed by atoms with Crippen LogP contribution in [-0.4, -0.2) is 158 Å². The van der Waals surface area contributed by atoms with Gasteiger partial charge in [0.1, 0.15) is 21.6 Å². The summed E-state index contributed by atoms with van der Waals surface area (Å²) < 4.78 is 30.3. The molecule has 0 atom stereocenters. The molecule has 0 unspecified atom stereocenters. The Bertz CT molecular complexity index is 3500. The van der Waals surface area contributed by atoms with E-state index in [1.54, 1.807) is 61.3 Å². The molecule has 112 heavy (non-hydrogen) atoms. The van der Waals surface area contributed by atoms with Crippen LogP contribution < -0.4 is 59.1 Å². The number of hydrogen-bond donors (Lipinski definition) is 2. The number of carboxylic acid groups (broad SMARTS) is 1. The summed E-state index contributed by atoms with van der Waals surface area (Å²) in [6, 6.07) is 23.6. The number of aliphatic hydroxyl groups is 1. The van der Waals surface area contributed by atoms with Gasteiger partial charge in [0, 0.05) is 83.9 Å². The maximum absolute atomic E-state index is 11.0. The second-order valence-corrected chi connectivity index (χ2v) is 37.3. The second-order valence-electron chi connectivity index (χ2n) is 23.8. The quantitative estimate of drug-likeness (QED) is 0.0125. The van der Waals surface area contributed by atoms with Crippen molar-refractivity contribution in [3.63, 3.8) is 0 Å². The van der Waals surface area contributed by atoms with Crippen molar-refractivity contribution < 1.29 is 169 Å². The van der Waals surface area contributed by atoms with E-state index >= 15 is 0 Å². The number of allylic oxidation sites excluding steroid dienone is 2. The number of aliphatic hydroxyl groups excluding tert-OH is 1. The van der Waals surface area contributed by atoms with E-state index in [1.807, 2.05) is 103 Å². The largest absolute Gasteiger partial charge is 1.00 e. The zero-order chi connectivity index (χ0) is 80.9. The van der Waals surface area contributed by atoms with Crippen molar-refractivity contribution in [2.75, 3.05) is 35.5 Å². The summed E-state index contributed by atoms with van der Waals surface area (Å²) in [5.74, 6) is -1.02. The normalized spacial score (nSPS) is 10.5. The predicted molar refractivity (Wildman–Crippen MR) is 444 cm³/mol. The molecular weight excluding hydrogens is 1790 g/mol. The van der Waals surface area contributed by atoms with Crippen molar-refractivity contribution in [3.05, 3.63) is 201 Å². The fourth-order valence-corrected chi connectivity index (χ4v) is 6.79. The second kappa shape index (κ2) is 76.1. The van der Waals surface area contributed by atoms with Crippen LogP contribution in [0, 0.1) is 18.8 Å². The molecule has 1 saturated heterocycles. The van der Waals surface area contributed by atoms with Gasteiger partial charge in [0.15, 0.2) is 0 Å². The maximum Gasteiger partial charge on any atom is 1.00 e. The molecule has 0 bridgehead atoms. The number of carbonyl (C=O) groups is 7. The SMILES string of the molecule is C.C.C=C(C)B1OC(C)(C)C(C)(C)O1.C=C(C)c1ccc(CC(=O)OC)cn1.CC(C)c1ccc(C[C-]=O)cn1.CCC#N.CO.COC(=O)Cc1ccc(Br)nc1.COC(=O)Cc1ccc(C(C)C)nc1.COC(=O)Cc1ccc(Cl)nc1.C[Si](C)(C)Br.O=C(Cl)C(=O)Cl.O=C(O)Cc1ccc(Cl)nc1.[CH3-].[HH].[Na+].[Na+].[OH-].[OH-].[Pd]. The molecule has 0 aromatic carbocycles. The van der Waals surface area contributed by atoms with Gasteiger partial charge in [-0.2, -0.15) is 5.26 Å². The van der Waals surface area contributed by atoms with E-state index in [0.29, 0.717) is 47.0 Å². The number of esters is 4. The Hall–Kier alpha value is -4.91. The smallest absolute Gasteiger partial charge is 0.870 e. The average Bonchev–Trinajstić information content (AvgIpc) is 1.64. The number of carbonyl (C=O) groups excluding carboxylic acids is 7. The van der Waals surface area contributed by atoms with Crippen molar-refractivity contribution in [3.8, 4) is 6.07 Å². The van der Waals surface area contributed by atoms with E-state index in [2.05, 4.69) is 164 Å². The van der Waals surface area contributed by atoms with Crippen LogP contribution in [0.15, 0.2) is 133 Å². The van der Waals surface area contributed by atoms with Crippen LogP contribution in [-0.2, 0) is 126 Å². The van der Waals surface area contributed by atoms with Gasteiger partial charge in [-0.25, -0.2) is 15.0 Å². The van der Waals surface area contributed by atoms with Gasteiger partial charge in [0.2, 0.25) is 0 Å². The summed E-state index contributed by atoms with van der Waals surface area (Å²) in [6.45, 7) is 35.7. The first kappa shape index (κ1) is 133. The van der Waals surface area contributed by atoms with Gasteiger partial charge >= 0.3 is 107 Å². The molecule has 4 N–H and O–H groups in total. The van der Waals surface area contributed by atoms with Crippen molar-refractivity contribution in [2.24, 2.45) is 0 Å². The summed E-state index contributed by atoms with van der Waals surface area (Å²) in [4.78, 5) is 107. The number of nitrogens with zero attached hydrogens (tertiary/aromatic N) is 7. The molecular formula is C76H112BBr2Cl4N7Na2O18PdSi-2. The van der Waals surface area contributed by atoms with Gasteiger partial charge in [0.05, 0.1) is 83.5 Å². The summed E-state index contributed by atoms with van der Waals surface area (Å²) in [5, 5.41) is 21.5. The third-order valence-electron chi connectivity index (χ3n) is 12.4. The number of ether oxygens (including phenoxy) is 4. The fraction of sp³-hybridized carbons (Fsp3) is 0.421. The number of methoxy groups -OCH3 is 4. The average molecular weight is 1900 g/mol. The van der Waals surface area contributed by atoms with Crippen LogP contribution in [0.4, 0.5) is 0 Å². The summed E-state index contributed by atoms with van der Waals surface area (Å²) >= 11 is 26.7. The first-order chi connectivity index (χ1) is 48.4. The first-order valence-electron chi connectivity index (χ1n) is 31.5. The number of halogens is 6. The van der Waals surface area contributed by atoms with E-state index in [9.17, 15) is 38.4 Å². The molecule has 0 spiro atoms.